The molecule has 0 atom stereocenters. The number of anilines is 1. The molecule has 1 aliphatic heterocycles. The Morgan fingerprint density at radius 3 is 2.63 bits per heavy atom. The van der Waals surface area contributed by atoms with E-state index in [9.17, 15) is 13.6 Å². The SMILES string of the molecule is CC(=O)Nc1cc(-c2ccc(F)cc2F)cc(-n2cnc3cc(-c4cnn(C5CCNCC5)c4)cnc32)c1. The number of amides is 1. The van der Waals surface area contributed by atoms with Crippen molar-refractivity contribution in [1.29, 1.82) is 0 Å². The van der Waals surface area contributed by atoms with Crippen LogP contribution in [0.4, 0.5) is 14.5 Å². The lowest BCUT2D eigenvalue weighted by Gasteiger charge is -2.22. The Kier molecular flexibility index (Phi) is 6.16. The fraction of sp³-hybridized carbons (Fsp3) is 0.214. The summed E-state index contributed by atoms with van der Waals surface area (Å²) in [5.74, 6) is -1.62. The van der Waals surface area contributed by atoms with Gasteiger partial charge in [0, 0.05) is 47.8 Å². The van der Waals surface area contributed by atoms with E-state index in [-0.39, 0.29) is 11.5 Å². The van der Waals surface area contributed by atoms with Crippen LogP contribution in [0.3, 0.4) is 0 Å². The monoisotopic (exact) mass is 513 g/mol. The van der Waals surface area contributed by atoms with Gasteiger partial charge in [0.15, 0.2) is 5.65 Å². The first kappa shape index (κ1) is 23.9. The van der Waals surface area contributed by atoms with Gasteiger partial charge in [0.25, 0.3) is 0 Å². The van der Waals surface area contributed by atoms with Crippen molar-refractivity contribution in [2.45, 2.75) is 25.8 Å². The maximum absolute atomic E-state index is 14.6. The molecule has 0 bridgehead atoms. The normalized spacial score (nSPS) is 14.2. The minimum absolute atomic E-state index is 0.213. The van der Waals surface area contributed by atoms with Crippen LogP contribution in [0.25, 0.3) is 39.1 Å². The first-order valence-electron chi connectivity index (χ1n) is 12.4. The summed E-state index contributed by atoms with van der Waals surface area (Å²) in [5.41, 5.74) is 4.94. The third-order valence-electron chi connectivity index (χ3n) is 6.76. The molecular weight excluding hydrogens is 488 g/mol. The van der Waals surface area contributed by atoms with Crippen molar-refractivity contribution in [2.75, 3.05) is 18.4 Å². The summed E-state index contributed by atoms with van der Waals surface area (Å²) < 4.78 is 31.9. The highest BCUT2D eigenvalue weighted by Gasteiger charge is 2.17. The molecule has 1 fully saturated rings. The van der Waals surface area contributed by atoms with Gasteiger partial charge in [0.1, 0.15) is 23.5 Å². The predicted octanol–water partition coefficient (Wildman–Crippen LogP) is 5.11. The van der Waals surface area contributed by atoms with E-state index in [1.54, 1.807) is 35.3 Å². The number of imidazole rings is 1. The molecule has 2 aromatic carbocycles. The standard InChI is InChI=1S/C28H25F2N7O/c1-17(38)35-22-8-18(25-3-2-21(29)11-26(25)30)9-24(12-22)36-16-33-27-10-19(13-32-28(27)36)20-14-34-37(15-20)23-4-6-31-7-5-23/h2-3,8-16,23,31H,4-7H2,1H3,(H,35,38). The van der Waals surface area contributed by atoms with Gasteiger partial charge in [-0.2, -0.15) is 5.10 Å². The van der Waals surface area contributed by atoms with Crippen LogP contribution in [0.1, 0.15) is 25.8 Å². The van der Waals surface area contributed by atoms with E-state index in [4.69, 9.17) is 0 Å². The number of rotatable bonds is 5. The molecule has 10 heteroatoms. The number of hydrogen-bond acceptors (Lipinski definition) is 5. The number of fused-ring (bicyclic) bond motifs is 1. The van der Waals surface area contributed by atoms with E-state index in [0.717, 1.165) is 43.1 Å². The zero-order valence-electron chi connectivity index (χ0n) is 20.7. The Morgan fingerprint density at radius 2 is 1.84 bits per heavy atom. The number of pyridine rings is 1. The number of carbonyl (C=O) groups excluding carboxylic acids is 1. The highest BCUT2D eigenvalue weighted by atomic mass is 19.1. The molecule has 4 heterocycles. The molecule has 192 valence electrons. The van der Waals surface area contributed by atoms with Crippen molar-refractivity contribution in [2.24, 2.45) is 0 Å². The Morgan fingerprint density at radius 1 is 1.00 bits per heavy atom. The van der Waals surface area contributed by atoms with E-state index in [1.807, 2.05) is 16.9 Å². The van der Waals surface area contributed by atoms with E-state index in [2.05, 4.69) is 31.9 Å². The van der Waals surface area contributed by atoms with Gasteiger partial charge in [-0.3, -0.25) is 14.0 Å². The Balaban J connectivity index is 1.38. The van der Waals surface area contributed by atoms with E-state index >= 15 is 0 Å². The molecule has 3 aromatic heterocycles. The van der Waals surface area contributed by atoms with Gasteiger partial charge in [-0.25, -0.2) is 18.7 Å². The molecular formula is C28H25F2N7O. The van der Waals surface area contributed by atoms with E-state index < -0.39 is 11.6 Å². The third-order valence-corrected chi connectivity index (χ3v) is 6.76. The van der Waals surface area contributed by atoms with Crippen molar-refractivity contribution in [3.63, 3.8) is 0 Å². The second-order valence-corrected chi connectivity index (χ2v) is 9.45. The van der Waals surface area contributed by atoms with E-state index in [0.29, 0.717) is 34.1 Å². The first-order valence-corrected chi connectivity index (χ1v) is 12.4. The van der Waals surface area contributed by atoms with Crippen molar-refractivity contribution in [1.82, 2.24) is 29.6 Å². The summed E-state index contributed by atoms with van der Waals surface area (Å²) in [6.45, 7) is 3.38. The largest absolute Gasteiger partial charge is 0.326 e. The summed E-state index contributed by atoms with van der Waals surface area (Å²) in [5, 5.41) is 10.7. The molecule has 6 rings (SSSR count). The highest BCUT2D eigenvalue weighted by Crippen LogP contribution is 2.31. The fourth-order valence-electron chi connectivity index (χ4n) is 4.91. The molecule has 8 nitrogen and oxygen atoms in total. The number of halogens is 2. The van der Waals surface area contributed by atoms with Gasteiger partial charge < -0.3 is 10.6 Å². The molecule has 1 amide bonds. The molecule has 2 N–H and O–H groups in total. The molecule has 0 unspecified atom stereocenters. The third kappa shape index (κ3) is 4.66. The average molecular weight is 514 g/mol. The van der Waals surface area contributed by atoms with Gasteiger partial charge in [0.05, 0.1) is 17.9 Å². The second kappa shape index (κ2) is 9.79. The van der Waals surface area contributed by atoms with Crippen LogP contribution in [0.15, 0.2) is 67.4 Å². The van der Waals surface area contributed by atoms with Gasteiger partial charge in [-0.15, -0.1) is 0 Å². The topological polar surface area (TPSA) is 89.7 Å². The van der Waals surface area contributed by atoms with Crippen LogP contribution in [0.2, 0.25) is 0 Å². The van der Waals surface area contributed by atoms with Crippen LogP contribution >= 0.6 is 0 Å². The average Bonchev–Trinajstić information content (AvgIpc) is 3.56. The number of hydrogen-bond donors (Lipinski definition) is 2. The Bertz CT molecular complexity index is 1650. The van der Waals surface area contributed by atoms with Crippen LogP contribution in [-0.2, 0) is 4.79 Å². The number of benzene rings is 2. The van der Waals surface area contributed by atoms with Gasteiger partial charge in [-0.05, 0) is 67.9 Å². The van der Waals surface area contributed by atoms with Crippen molar-refractivity contribution in [3.8, 4) is 27.9 Å². The summed E-state index contributed by atoms with van der Waals surface area (Å²) in [6.07, 6.45) is 9.41. The summed E-state index contributed by atoms with van der Waals surface area (Å²) in [6, 6.07) is 10.9. The molecule has 0 saturated carbocycles. The highest BCUT2D eigenvalue weighted by molar-refractivity contribution is 5.90. The number of nitrogens with one attached hydrogen (secondary N) is 2. The van der Waals surface area contributed by atoms with Gasteiger partial charge in [0.2, 0.25) is 5.91 Å². The zero-order valence-corrected chi connectivity index (χ0v) is 20.7. The van der Waals surface area contributed by atoms with Crippen LogP contribution in [0.5, 0.6) is 0 Å². The number of carbonyl (C=O) groups is 1. The van der Waals surface area contributed by atoms with Gasteiger partial charge >= 0.3 is 0 Å². The van der Waals surface area contributed by atoms with Crippen molar-refractivity contribution in [3.05, 3.63) is 79.0 Å². The van der Waals surface area contributed by atoms with Crippen molar-refractivity contribution >= 4 is 22.8 Å². The lowest BCUT2D eigenvalue weighted by Crippen LogP contribution is -2.29. The molecule has 5 aromatic rings. The summed E-state index contributed by atoms with van der Waals surface area (Å²) in [7, 11) is 0. The summed E-state index contributed by atoms with van der Waals surface area (Å²) in [4.78, 5) is 21.0. The van der Waals surface area contributed by atoms with Crippen LogP contribution < -0.4 is 10.6 Å². The van der Waals surface area contributed by atoms with Gasteiger partial charge in [-0.1, -0.05) is 0 Å². The Labute approximate surface area is 217 Å². The summed E-state index contributed by atoms with van der Waals surface area (Å²) >= 11 is 0. The lowest BCUT2D eigenvalue weighted by atomic mass is 10.0. The molecule has 38 heavy (non-hydrogen) atoms. The number of nitrogens with zero attached hydrogens (tertiary/aromatic N) is 5. The zero-order chi connectivity index (χ0) is 26.2. The van der Waals surface area contributed by atoms with Crippen LogP contribution in [0, 0.1) is 11.6 Å². The lowest BCUT2D eigenvalue weighted by molar-refractivity contribution is -0.114. The first-order chi connectivity index (χ1) is 18.4. The number of piperidine rings is 1. The van der Waals surface area contributed by atoms with Crippen molar-refractivity contribution < 1.29 is 13.6 Å². The predicted molar refractivity (Wildman–Crippen MR) is 141 cm³/mol. The molecule has 1 saturated heterocycles. The molecule has 0 radical (unpaired) electrons. The Hall–Kier alpha value is -4.44. The smallest absolute Gasteiger partial charge is 0.221 e. The molecule has 0 aliphatic carbocycles. The van der Waals surface area contributed by atoms with E-state index in [1.165, 1.54) is 19.1 Å². The quantitative estimate of drug-likeness (QED) is 0.341. The fourth-order valence-corrected chi connectivity index (χ4v) is 4.91. The number of aromatic nitrogens is 5. The maximum atomic E-state index is 14.6. The second-order valence-electron chi connectivity index (χ2n) is 9.45. The minimum atomic E-state index is -0.695. The minimum Gasteiger partial charge on any atom is -0.326 e. The molecule has 0 spiro atoms. The molecule has 1 aliphatic rings. The van der Waals surface area contributed by atoms with Crippen LogP contribution in [-0.4, -0.2) is 43.3 Å². The maximum Gasteiger partial charge on any atom is 0.221 e.